The Hall–Kier alpha value is -1.01. The molecule has 0 spiro atoms. The van der Waals surface area contributed by atoms with Gasteiger partial charge < -0.3 is 14.2 Å². The Kier molecular flexibility index (Phi) is 5.19. The van der Waals surface area contributed by atoms with Crippen LogP contribution in [-0.2, 0) is 16.1 Å². The van der Waals surface area contributed by atoms with Crippen molar-refractivity contribution in [2.45, 2.75) is 44.4 Å². The highest BCUT2D eigenvalue weighted by Gasteiger charge is 2.32. The zero-order valence-electron chi connectivity index (χ0n) is 12.3. The Balaban J connectivity index is 1.65. The largest absolute Gasteiger partial charge is 0.368 e. The van der Waals surface area contributed by atoms with E-state index in [0.29, 0.717) is 6.04 Å². The number of imidazole rings is 1. The maximum atomic E-state index is 12.8. The summed E-state index contributed by atoms with van der Waals surface area (Å²) < 4.78 is 7.64. The molecule has 3 heterocycles. The van der Waals surface area contributed by atoms with E-state index >= 15 is 0 Å². The van der Waals surface area contributed by atoms with Crippen LogP contribution in [0, 0.1) is 0 Å². The molecule has 2 aliphatic rings. The highest BCUT2D eigenvalue weighted by molar-refractivity contribution is 7.99. The molecule has 116 valence electrons. The fraction of sp³-hybridized carbons (Fsp3) is 0.733. The smallest absolute Gasteiger partial charge is 0.252 e. The van der Waals surface area contributed by atoms with Gasteiger partial charge in [-0.1, -0.05) is 0 Å². The fourth-order valence-corrected chi connectivity index (χ4v) is 4.15. The van der Waals surface area contributed by atoms with E-state index in [1.807, 2.05) is 28.9 Å². The summed E-state index contributed by atoms with van der Waals surface area (Å²) in [7, 11) is 0. The van der Waals surface area contributed by atoms with Gasteiger partial charge in [0, 0.05) is 38.1 Å². The average molecular weight is 309 g/mol. The molecule has 2 aliphatic heterocycles. The Labute approximate surface area is 130 Å². The molecule has 0 unspecified atom stereocenters. The third-order valence-electron chi connectivity index (χ3n) is 4.28. The fourth-order valence-electron chi connectivity index (χ4n) is 3.07. The van der Waals surface area contributed by atoms with E-state index in [1.165, 1.54) is 0 Å². The Morgan fingerprint density at radius 1 is 1.38 bits per heavy atom. The molecule has 1 atom stereocenters. The molecule has 3 rings (SSSR count). The molecule has 0 aliphatic carbocycles. The van der Waals surface area contributed by atoms with Crippen molar-refractivity contribution in [2.24, 2.45) is 0 Å². The van der Waals surface area contributed by atoms with E-state index in [-0.39, 0.29) is 12.0 Å². The molecule has 0 saturated carbocycles. The number of ether oxygens (including phenoxy) is 1. The van der Waals surface area contributed by atoms with Gasteiger partial charge in [0.2, 0.25) is 0 Å². The SMILES string of the molecule is O=C([C@H]1CCCO1)N(CCn1ccnc1)C1CCSCC1. The predicted octanol–water partition coefficient (Wildman–Crippen LogP) is 1.79. The molecule has 6 heteroatoms. The van der Waals surface area contributed by atoms with Gasteiger partial charge in [-0.15, -0.1) is 0 Å². The molecule has 1 amide bonds. The summed E-state index contributed by atoms with van der Waals surface area (Å²) in [4.78, 5) is 18.9. The van der Waals surface area contributed by atoms with Crippen LogP contribution >= 0.6 is 11.8 Å². The minimum absolute atomic E-state index is 0.199. The lowest BCUT2D eigenvalue weighted by Crippen LogP contribution is -2.48. The van der Waals surface area contributed by atoms with Crippen molar-refractivity contribution in [3.8, 4) is 0 Å². The van der Waals surface area contributed by atoms with E-state index in [0.717, 1.165) is 56.9 Å². The van der Waals surface area contributed by atoms with Crippen LogP contribution in [0.4, 0.5) is 0 Å². The van der Waals surface area contributed by atoms with Gasteiger partial charge in [-0.05, 0) is 37.2 Å². The van der Waals surface area contributed by atoms with E-state index in [4.69, 9.17) is 4.74 Å². The van der Waals surface area contributed by atoms with Crippen LogP contribution in [0.3, 0.4) is 0 Å². The molecule has 1 aromatic heterocycles. The van der Waals surface area contributed by atoms with Crippen LogP contribution in [0.2, 0.25) is 0 Å². The average Bonchev–Trinajstić information content (AvgIpc) is 3.22. The molecule has 2 saturated heterocycles. The summed E-state index contributed by atoms with van der Waals surface area (Å²) in [6.07, 6.45) is 9.43. The van der Waals surface area contributed by atoms with E-state index in [2.05, 4.69) is 9.88 Å². The van der Waals surface area contributed by atoms with Crippen LogP contribution < -0.4 is 0 Å². The third kappa shape index (κ3) is 3.80. The number of amides is 1. The molecule has 0 bridgehead atoms. The first kappa shape index (κ1) is 14.9. The monoisotopic (exact) mass is 309 g/mol. The summed E-state index contributed by atoms with van der Waals surface area (Å²) >= 11 is 1.99. The Morgan fingerprint density at radius 3 is 2.90 bits per heavy atom. The van der Waals surface area contributed by atoms with Crippen LogP contribution in [0.25, 0.3) is 0 Å². The van der Waals surface area contributed by atoms with Crippen molar-refractivity contribution in [3.05, 3.63) is 18.7 Å². The molecular formula is C15H23N3O2S. The summed E-state index contributed by atoms with van der Waals surface area (Å²) in [5, 5.41) is 0. The first-order valence-electron chi connectivity index (χ1n) is 7.80. The lowest BCUT2D eigenvalue weighted by atomic mass is 10.1. The molecule has 5 nitrogen and oxygen atoms in total. The maximum Gasteiger partial charge on any atom is 0.252 e. The second-order valence-electron chi connectivity index (χ2n) is 5.68. The minimum atomic E-state index is -0.206. The number of rotatable bonds is 5. The number of nitrogens with zero attached hydrogens (tertiary/aromatic N) is 3. The van der Waals surface area contributed by atoms with Gasteiger partial charge in [0.25, 0.3) is 5.91 Å². The number of thioether (sulfide) groups is 1. The number of carbonyl (C=O) groups excluding carboxylic acids is 1. The van der Waals surface area contributed by atoms with Crippen molar-refractivity contribution >= 4 is 17.7 Å². The van der Waals surface area contributed by atoms with E-state index in [1.54, 1.807) is 6.20 Å². The Bertz CT molecular complexity index is 440. The standard InChI is InChI=1S/C15H23N3O2S/c19-15(14-2-1-9-20-14)18(13-3-10-21-11-4-13)8-7-17-6-5-16-12-17/h5-6,12-14H,1-4,7-11H2/t14-/m1/s1. The maximum absolute atomic E-state index is 12.8. The van der Waals surface area contributed by atoms with Crippen molar-refractivity contribution in [1.82, 2.24) is 14.5 Å². The van der Waals surface area contributed by atoms with Crippen molar-refractivity contribution in [2.75, 3.05) is 24.7 Å². The van der Waals surface area contributed by atoms with Crippen LogP contribution in [0.15, 0.2) is 18.7 Å². The van der Waals surface area contributed by atoms with Gasteiger partial charge in [-0.2, -0.15) is 11.8 Å². The van der Waals surface area contributed by atoms with Crippen LogP contribution in [0.1, 0.15) is 25.7 Å². The first-order chi connectivity index (χ1) is 10.3. The summed E-state index contributed by atoms with van der Waals surface area (Å²) in [6, 6.07) is 0.381. The first-order valence-corrected chi connectivity index (χ1v) is 8.95. The number of hydrogen-bond acceptors (Lipinski definition) is 4. The van der Waals surface area contributed by atoms with E-state index in [9.17, 15) is 4.79 Å². The van der Waals surface area contributed by atoms with E-state index < -0.39 is 0 Å². The normalized spacial score (nSPS) is 23.3. The highest BCUT2D eigenvalue weighted by Crippen LogP contribution is 2.24. The molecule has 0 radical (unpaired) electrons. The van der Waals surface area contributed by atoms with Gasteiger partial charge in [0.1, 0.15) is 6.10 Å². The van der Waals surface area contributed by atoms with Gasteiger partial charge in [-0.3, -0.25) is 4.79 Å². The minimum Gasteiger partial charge on any atom is -0.368 e. The summed E-state index contributed by atoms with van der Waals surface area (Å²) in [5.41, 5.74) is 0. The number of aromatic nitrogens is 2. The molecular weight excluding hydrogens is 286 g/mol. The molecule has 21 heavy (non-hydrogen) atoms. The van der Waals surface area contributed by atoms with Crippen molar-refractivity contribution in [1.29, 1.82) is 0 Å². The highest BCUT2D eigenvalue weighted by atomic mass is 32.2. The predicted molar refractivity (Wildman–Crippen MR) is 83.3 cm³/mol. The quantitative estimate of drug-likeness (QED) is 0.832. The van der Waals surface area contributed by atoms with Gasteiger partial charge in [0.05, 0.1) is 6.33 Å². The van der Waals surface area contributed by atoms with Gasteiger partial charge >= 0.3 is 0 Å². The third-order valence-corrected chi connectivity index (χ3v) is 5.33. The lowest BCUT2D eigenvalue weighted by molar-refractivity contribution is -0.143. The molecule has 0 N–H and O–H groups in total. The van der Waals surface area contributed by atoms with Crippen LogP contribution in [0.5, 0.6) is 0 Å². The number of carbonyl (C=O) groups is 1. The molecule has 0 aromatic carbocycles. The second-order valence-corrected chi connectivity index (χ2v) is 6.90. The zero-order valence-corrected chi connectivity index (χ0v) is 13.1. The molecule has 1 aromatic rings. The molecule has 2 fully saturated rings. The van der Waals surface area contributed by atoms with Gasteiger partial charge in [0.15, 0.2) is 0 Å². The number of hydrogen-bond donors (Lipinski definition) is 0. The summed E-state index contributed by atoms with van der Waals surface area (Å²) in [6.45, 7) is 2.29. The Morgan fingerprint density at radius 2 is 2.24 bits per heavy atom. The second kappa shape index (κ2) is 7.31. The van der Waals surface area contributed by atoms with Crippen molar-refractivity contribution in [3.63, 3.8) is 0 Å². The van der Waals surface area contributed by atoms with Gasteiger partial charge in [-0.25, -0.2) is 4.98 Å². The van der Waals surface area contributed by atoms with Crippen molar-refractivity contribution < 1.29 is 9.53 Å². The lowest BCUT2D eigenvalue weighted by Gasteiger charge is -2.35. The topological polar surface area (TPSA) is 47.4 Å². The summed E-state index contributed by atoms with van der Waals surface area (Å²) in [5.74, 6) is 2.51. The zero-order chi connectivity index (χ0) is 14.5. The van der Waals surface area contributed by atoms with Crippen LogP contribution in [-0.4, -0.2) is 57.2 Å².